The Bertz CT molecular complexity index is 473. The largest absolute Gasteiger partial charge is 0.394 e. The van der Waals surface area contributed by atoms with E-state index in [1.165, 1.54) is 6.07 Å². The summed E-state index contributed by atoms with van der Waals surface area (Å²) >= 11 is 0. The van der Waals surface area contributed by atoms with E-state index in [9.17, 15) is 9.50 Å². The average Bonchev–Trinajstić information content (AvgIpc) is 2.47. The minimum absolute atomic E-state index is 0.113. The molecular formula is C15H22FNO2. The molecule has 0 spiro atoms. The maximum Gasteiger partial charge on any atom is 0.146 e. The lowest BCUT2D eigenvalue weighted by Crippen LogP contribution is -2.55. The van der Waals surface area contributed by atoms with Gasteiger partial charge in [0, 0.05) is 6.42 Å². The van der Waals surface area contributed by atoms with Crippen LogP contribution < -0.4 is 5.32 Å². The molecule has 0 bridgehead atoms. The number of aliphatic hydroxyl groups is 1. The molecule has 0 saturated carbocycles. The van der Waals surface area contributed by atoms with Crippen LogP contribution in [0.4, 0.5) is 10.1 Å². The SMILES string of the molecule is CC1(C)CC(CO)(Nc2ccccc2F)C(C)(C)O1. The minimum Gasteiger partial charge on any atom is -0.394 e. The first-order valence-electron chi connectivity index (χ1n) is 6.55. The second-order valence-electron chi connectivity index (χ2n) is 6.39. The van der Waals surface area contributed by atoms with Crippen molar-refractivity contribution >= 4 is 5.69 Å². The van der Waals surface area contributed by atoms with E-state index in [1.54, 1.807) is 18.2 Å². The molecule has 106 valence electrons. The maximum atomic E-state index is 13.8. The predicted molar refractivity (Wildman–Crippen MR) is 73.7 cm³/mol. The number of hydrogen-bond donors (Lipinski definition) is 2. The summed E-state index contributed by atoms with van der Waals surface area (Å²) in [5.41, 5.74) is -1.25. The summed E-state index contributed by atoms with van der Waals surface area (Å²) < 4.78 is 19.8. The molecule has 1 aliphatic heterocycles. The third-order valence-electron chi connectivity index (χ3n) is 3.93. The molecule has 2 rings (SSSR count). The number of rotatable bonds is 3. The smallest absolute Gasteiger partial charge is 0.146 e. The predicted octanol–water partition coefficient (Wildman–Crippen LogP) is 2.95. The summed E-state index contributed by atoms with van der Waals surface area (Å²) in [4.78, 5) is 0. The first kappa shape index (κ1) is 14.3. The fraction of sp³-hybridized carbons (Fsp3) is 0.600. The molecule has 2 N–H and O–H groups in total. The molecule has 1 saturated heterocycles. The highest BCUT2D eigenvalue weighted by Crippen LogP contribution is 2.46. The lowest BCUT2D eigenvalue weighted by Gasteiger charge is -2.39. The van der Waals surface area contributed by atoms with Crippen LogP contribution in [0, 0.1) is 5.82 Å². The van der Waals surface area contributed by atoms with Crippen molar-refractivity contribution in [3.63, 3.8) is 0 Å². The minimum atomic E-state index is -0.696. The maximum absolute atomic E-state index is 13.8. The fourth-order valence-electron chi connectivity index (χ4n) is 3.07. The van der Waals surface area contributed by atoms with Gasteiger partial charge in [-0.05, 0) is 39.8 Å². The van der Waals surface area contributed by atoms with Gasteiger partial charge in [-0.3, -0.25) is 0 Å². The van der Waals surface area contributed by atoms with Crippen LogP contribution in [-0.2, 0) is 4.74 Å². The zero-order valence-electron chi connectivity index (χ0n) is 12.0. The Labute approximate surface area is 113 Å². The van der Waals surface area contributed by atoms with Gasteiger partial charge >= 0.3 is 0 Å². The standard InChI is InChI=1S/C15H22FNO2/c1-13(2)9-15(10-18,14(3,4)19-13)17-12-8-6-5-7-11(12)16/h5-8,17-18H,9-10H2,1-4H3. The Morgan fingerprint density at radius 2 is 1.89 bits per heavy atom. The highest BCUT2D eigenvalue weighted by Gasteiger charge is 2.57. The molecular weight excluding hydrogens is 245 g/mol. The summed E-state index contributed by atoms with van der Waals surface area (Å²) in [5, 5.41) is 13.0. The fourth-order valence-corrected chi connectivity index (χ4v) is 3.07. The number of para-hydroxylation sites is 1. The van der Waals surface area contributed by atoms with Gasteiger partial charge in [-0.1, -0.05) is 12.1 Å². The van der Waals surface area contributed by atoms with Crippen LogP contribution >= 0.6 is 0 Å². The van der Waals surface area contributed by atoms with Crippen LogP contribution in [-0.4, -0.2) is 28.5 Å². The number of ether oxygens (including phenoxy) is 1. The number of anilines is 1. The molecule has 0 aliphatic carbocycles. The highest BCUT2D eigenvalue weighted by molar-refractivity contribution is 5.48. The Hall–Kier alpha value is -1.13. The molecule has 1 heterocycles. The van der Waals surface area contributed by atoms with Gasteiger partial charge in [-0.25, -0.2) is 4.39 Å². The van der Waals surface area contributed by atoms with Crippen LogP contribution in [0.1, 0.15) is 34.1 Å². The van der Waals surface area contributed by atoms with Crippen molar-refractivity contribution in [3.8, 4) is 0 Å². The zero-order chi connectivity index (χ0) is 14.3. The van der Waals surface area contributed by atoms with E-state index >= 15 is 0 Å². The molecule has 0 aromatic heterocycles. The Kier molecular flexibility index (Phi) is 3.35. The quantitative estimate of drug-likeness (QED) is 0.884. The lowest BCUT2D eigenvalue weighted by molar-refractivity contribution is -0.0808. The molecule has 1 unspecified atom stereocenters. The molecule has 1 atom stereocenters. The summed E-state index contributed by atoms with van der Waals surface area (Å²) in [7, 11) is 0. The van der Waals surface area contributed by atoms with E-state index in [2.05, 4.69) is 5.32 Å². The molecule has 0 radical (unpaired) electrons. The van der Waals surface area contributed by atoms with Gasteiger partial charge in [0.15, 0.2) is 0 Å². The van der Waals surface area contributed by atoms with Gasteiger partial charge in [-0.2, -0.15) is 0 Å². The number of halogens is 1. The van der Waals surface area contributed by atoms with E-state index < -0.39 is 11.1 Å². The molecule has 1 fully saturated rings. The lowest BCUT2D eigenvalue weighted by atomic mass is 9.79. The number of benzene rings is 1. The van der Waals surface area contributed by atoms with Crippen LogP contribution in [0.3, 0.4) is 0 Å². The van der Waals surface area contributed by atoms with Crippen LogP contribution in [0.5, 0.6) is 0 Å². The normalized spacial score (nSPS) is 28.3. The number of hydrogen-bond acceptors (Lipinski definition) is 3. The van der Waals surface area contributed by atoms with E-state index in [0.29, 0.717) is 12.1 Å². The van der Waals surface area contributed by atoms with Gasteiger partial charge in [0.1, 0.15) is 5.82 Å². The third-order valence-corrected chi connectivity index (χ3v) is 3.93. The molecule has 19 heavy (non-hydrogen) atoms. The zero-order valence-corrected chi connectivity index (χ0v) is 12.0. The van der Waals surface area contributed by atoms with Crippen molar-refractivity contribution in [2.24, 2.45) is 0 Å². The van der Waals surface area contributed by atoms with Crippen molar-refractivity contribution in [1.29, 1.82) is 0 Å². The van der Waals surface area contributed by atoms with E-state index in [0.717, 1.165) is 0 Å². The molecule has 1 aliphatic rings. The number of nitrogens with one attached hydrogen (secondary N) is 1. The van der Waals surface area contributed by atoms with Crippen molar-refractivity contribution in [3.05, 3.63) is 30.1 Å². The second-order valence-corrected chi connectivity index (χ2v) is 6.39. The Morgan fingerprint density at radius 3 is 2.37 bits per heavy atom. The highest BCUT2D eigenvalue weighted by atomic mass is 19.1. The summed E-state index contributed by atoms with van der Waals surface area (Å²) in [5.74, 6) is -0.323. The average molecular weight is 267 g/mol. The van der Waals surface area contributed by atoms with Crippen LogP contribution in [0.25, 0.3) is 0 Å². The van der Waals surface area contributed by atoms with Crippen LogP contribution in [0.15, 0.2) is 24.3 Å². The molecule has 3 nitrogen and oxygen atoms in total. The van der Waals surface area contributed by atoms with Crippen LogP contribution in [0.2, 0.25) is 0 Å². The van der Waals surface area contributed by atoms with Gasteiger partial charge in [0.05, 0.1) is 29.0 Å². The molecule has 4 heteroatoms. The van der Waals surface area contributed by atoms with Gasteiger partial charge in [0.25, 0.3) is 0 Å². The van der Waals surface area contributed by atoms with Crippen molar-refractivity contribution < 1.29 is 14.2 Å². The Balaban J connectivity index is 2.37. The summed E-state index contributed by atoms with van der Waals surface area (Å²) in [6.45, 7) is 7.69. The number of aliphatic hydroxyl groups excluding tert-OH is 1. The van der Waals surface area contributed by atoms with E-state index in [-0.39, 0.29) is 18.0 Å². The molecule has 1 aromatic carbocycles. The van der Waals surface area contributed by atoms with Gasteiger partial charge in [0.2, 0.25) is 0 Å². The van der Waals surface area contributed by atoms with E-state index in [4.69, 9.17) is 4.74 Å². The van der Waals surface area contributed by atoms with Gasteiger partial charge in [-0.15, -0.1) is 0 Å². The monoisotopic (exact) mass is 267 g/mol. The van der Waals surface area contributed by atoms with E-state index in [1.807, 2.05) is 27.7 Å². The third kappa shape index (κ3) is 2.47. The molecule has 0 amide bonds. The summed E-state index contributed by atoms with van der Waals surface area (Å²) in [6, 6.07) is 6.49. The van der Waals surface area contributed by atoms with Gasteiger partial charge < -0.3 is 15.2 Å². The topological polar surface area (TPSA) is 41.5 Å². The van der Waals surface area contributed by atoms with Crippen molar-refractivity contribution in [1.82, 2.24) is 0 Å². The summed E-state index contributed by atoms with van der Waals surface area (Å²) in [6.07, 6.45) is 0.609. The van der Waals surface area contributed by atoms with Crippen molar-refractivity contribution in [2.45, 2.75) is 50.9 Å². The first-order valence-corrected chi connectivity index (χ1v) is 6.55. The van der Waals surface area contributed by atoms with Crippen molar-refractivity contribution in [2.75, 3.05) is 11.9 Å². The second kappa shape index (κ2) is 4.46. The Morgan fingerprint density at radius 1 is 1.26 bits per heavy atom. The first-order chi connectivity index (χ1) is 8.71. The molecule has 1 aromatic rings.